The third-order valence-electron chi connectivity index (χ3n) is 13.0. The fourth-order valence-corrected chi connectivity index (χ4v) is 27.1. The minimum absolute atomic E-state index is 0.246. The molecular formula is C53H83NO2P2Si2. The maximum Gasteiger partial charge on any atom is 0.128 e. The van der Waals surface area contributed by atoms with Crippen LogP contribution in [0.15, 0.2) is 97.1 Å². The predicted molar refractivity (Wildman–Crippen MR) is 277 cm³/mol. The van der Waals surface area contributed by atoms with Gasteiger partial charge in [-0.2, -0.15) is 0 Å². The first-order valence-corrected chi connectivity index (χ1v) is 31.9. The van der Waals surface area contributed by atoms with Crippen molar-refractivity contribution in [2.24, 2.45) is 0 Å². The molecule has 0 fully saturated rings. The second kappa shape index (κ2) is 26.4. The minimum atomic E-state index is -1.67. The summed E-state index contributed by atoms with van der Waals surface area (Å²) in [6.07, 6.45) is 15.8. The van der Waals surface area contributed by atoms with E-state index in [1.165, 1.54) is 135 Å². The summed E-state index contributed by atoms with van der Waals surface area (Å²) >= 11 is 0. The minimum Gasteiger partial charge on any atom is -0.496 e. The van der Waals surface area contributed by atoms with Gasteiger partial charge in [-0.15, -0.1) is 0 Å². The van der Waals surface area contributed by atoms with Crippen molar-refractivity contribution in [3.63, 3.8) is 0 Å². The van der Waals surface area contributed by atoms with Crippen molar-refractivity contribution in [3.8, 4) is 11.5 Å². The van der Waals surface area contributed by atoms with E-state index < -0.39 is 32.3 Å². The van der Waals surface area contributed by atoms with Gasteiger partial charge in [0, 0.05) is 32.8 Å². The number of benzene rings is 4. The number of methoxy groups -OCH3 is 2. The molecule has 3 nitrogen and oxygen atoms in total. The lowest BCUT2D eigenvalue weighted by Gasteiger charge is -2.42. The van der Waals surface area contributed by atoms with Crippen LogP contribution in [0, 0.1) is 0 Å². The highest BCUT2D eigenvalue weighted by Crippen LogP contribution is 2.58. The largest absolute Gasteiger partial charge is 0.496 e. The monoisotopic (exact) mass is 884 g/mol. The van der Waals surface area contributed by atoms with E-state index in [-0.39, 0.29) is 6.04 Å². The van der Waals surface area contributed by atoms with E-state index in [0.717, 1.165) is 11.5 Å². The fourth-order valence-electron chi connectivity index (χ4n) is 9.52. The van der Waals surface area contributed by atoms with Gasteiger partial charge in [0.15, 0.2) is 0 Å². The van der Waals surface area contributed by atoms with Crippen LogP contribution in [-0.4, -0.2) is 40.9 Å². The molecular weight excluding hydrogens is 801 g/mol. The molecule has 4 rings (SSSR count). The SMILES string of the molecule is CCCC[Si](CCCC)(CCCC)c1ccc(P(c2ccc([Si](CCCC)(CCCC)CCCC)cc2)N(C(C)C)P(c2ccccc2OC)c2ccccc2OC)cc1. The van der Waals surface area contributed by atoms with Crippen LogP contribution in [0.3, 0.4) is 0 Å². The van der Waals surface area contributed by atoms with Gasteiger partial charge in [0.2, 0.25) is 0 Å². The van der Waals surface area contributed by atoms with Gasteiger partial charge in [-0.25, -0.2) is 4.44 Å². The maximum absolute atomic E-state index is 6.21. The highest BCUT2D eigenvalue weighted by molar-refractivity contribution is 7.85. The van der Waals surface area contributed by atoms with Gasteiger partial charge in [0.05, 0.1) is 30.4 Å². The van der Waals surface area contributed by atoms with Crippen LogP contribution in [0.1, 0.15) is 132 Å². The van der Waals surface area contributed by atoms with Crippen LogP contribution >= 0.6 is 16.1 Å². The van der Waals surface area contributed by atoms with Crippen LogP contribution in [-0.2, 0) is 0 Å². The number of nitrogens with zero attached hydrogens (tertiary/aromatic N) is 1. The number of para-hydroxylation sites is 2. The summed E-state index contributed by atoms with van der Waals surface area (Å²) in [5, 5.41) is 8.76. The molecule has 7 heteroatoms. The quantitative estimate of drug-likeness (QED) is 0.0401. The third-order valence-corrected chi connectivity index (χ3v) is 30.0. The molecule has 0 atom stereocenters. The van der Waals surface area contributed by atoms with Gasteiger partial charge in [0.25, 0.3) is 0 Å². The second-order valence-corrected chi connectivity index (χ2v) is 31.4. The maximum atomic E-state index is 6.21. The molecule has 0 radical (unpaired) electrons. The normalized spacial score (nSPS) is 12.3. The van der Waals surface area contributed by atoms with Crippen molar-refractivity contribution in [3.05, 3.63) is 97.1 Å². The summed E-state index contributed by atoms with van der Waals surface area (Å²) in [4.78, 5) is 0. The lowest BCUT2D eigenvalue weighted by atomic mass is 10.3. The molecule has 0 unspecified atom stereocenters. The Morgan fingerprint density at radius 2 is 0.733 bits per heavy atom. The lowest BCUT2D eigenvalue weighted by molar-refractivity contribution is 0.417. The van der Waals surface area contributed by atoms with Crippen molar-refractivity contribution in [1.29, 1.82) is 0 Å². The van der Waals surface area contributed by atoms with E-state index >= 15 is 0 Å². The average Bonchev–Trinajstić information content (AvgIpc) is 3.29. The topological polar surface area (TPSA) is 21.7 Å². The molecule has 0 N–H and O–H groups in total. The Balaban J connectivity index is 2.03. The Hall–Kier alpha value is -2.27. The van der Waals surface area contributed by atoms with E-state index in [2.05, 4.69) is 157 Å². The molecule has 0 saturated heterocycles. The molecule has 0 aliphatic carbocycles. The molecule has 330 valence electrons. The number of hydrogen-bond acceptors (Lipinski definition) is 3. The van der Waals surface area contributed by atoms with E-state index in [9.17, 15) is 0 Å². The Kier molecular flexibility index (Phi) is 22.2. The van der Waals surface area contributed by atoms with Gasteiger partial charge in [0.1, 0.15) is 11.5 Å². The highest BCUT2D eigenvalue weighted by Gasteiger charge is 2.39. The second-order valence-electron chi connectivity index (χ2n) is 17.7. The highest BCUT2D eigenvalue weighted by atomic mass is 31.2. The van der Waals surface area contributed by atoms with Gasteiger partial charge >= 0.3 is 0 Å². The zero-order valence-electron chi connectivity index (χ0n) is 39.7. The van der Waals surface area contributed by atoms with E-state index in [4.69, 9.17) is 9.47 Å². The molecule has 60 heavy (non-hydrogen) atoms. The summed E-state index contributed by atoms with van der Waals surface area (Å²) in [6, 6.07) is 47.1. The van der Waals surface area contributed by atoms with Crippen LogP contribution in [0.4, 0.5) is 0 Å². The van der Waals surface area contributed by atoms with Crippen LogP contribution in [0.5, 0.6) is 11.5 Å². The van der Waals surface area contributed by atoms with Crippen LogP contribution in [0.25, 0.3) is 0 Å². The first kappa shape index (κ1) is 50.4. The molecule has 4 aromatic carbocycles. The van der Waals surface area contributed by atoms with Crippen LogP contribution in [0.2, 0.25) is 36.3 Å². The smallest absolute Gasteiger partial charge is 0.128 e. The van der Waals surface area contributed by atoms with Crippen molar-refractivity contribution >= 4 is 63.9 Å². The first-order chi connectivity index (χ1) is 29.2. The third kappa shape index (κ3) is 12.9. The Morgan fingerprint density at radius 1 is 0.433 bits per heavy atom. The van der Waals surface area contributed by atoms with E-state index in [1.54, 1.807) is 10.4 Å². The van der Waals surface area contributed by atoms with E-state index in [1.807, 2.05) is 14.2 Å². The van der Waals surface area contributed by atoms with Gasteiger partial charge in [-0.3, -0.25) is 0 Å². The molecule has 0 spiro atoms. The summed E-state index contributed by atoms with van der Waals surface area (Å²) in [7, 11) is -1.71. The number of hydrogen-bond donors (Lipinski definition) is 0. The number of ether oxygens (including phenoxy) is 2. The Labute approximate surface area is 373 Å². The van der Waals surface area contributed by atoms with Crippen molar-refractivity contribution in [1.82, 2.24) is 4.44 Å². The molecule has 0 bridgehead atoms. The predicted octanol–water partition coefficient (Wildman–Crippen LogP) is 13.9. The summed E-state index contributed by atoms with van der Waals surface area (Å²) in [5.41, 5.74) is 0. The fraction of sp³-hybridized carbons (Fsp3) is 0.547. The molecule has 0 saturated carbocycles. The van der Waals surface area contributed by atoms with E-state index in [0.29, 0.717) is 0 Å². The zero-order chi connectivity index (χ0) is 43.4. The number of rotatable bonds is 29. The van der Waals surface area contributed by atoms with Crippen LogP contribution < -0.4 is 41.1 Å². The molecule has 0 aliphatic heterocycles. The lowest BCUT2D eigenvalue weighted by Crippen LogP contribution is -2.48. The zero-order valence-corrected chi connectivity index (χ0v) is 43.5. The molecule has 0 aliphatic rings. The van der Waals surface area contributed by atoms with Crippen molar-refractivity contribution in [2.75, 3.05) is 14.2 Å². The molecule has 0 heterocycles. The standard InChI is InChI=1S/C53H83NO2P2Si2/c1-11-17-39-59(40-18-12-2,41-19-13-3)48-35-31-46(32-36-48)57(47-33-37-49(38-34-47)60(42-20-14-4,43-21-15-5)44-22-16-6)54(45(7)8)58(52-29-25-23-27-50(52)55-9)53-30-26-24-28-51(53)56-10/h23-38,45H,11-22,39-44H2,1-10H3. The molecule has 0 amide bonds. The average molecular weight is 884 g/mol. The first-order valence-electron chi connectivity index (χ1n) is 24.1. The summed E-state index contributed by atoms with van der Waals surface area (Å²) < 4.78 is 15.3. The van der Waals surface area contributed by atoms with Gasteiger partial charge in [-0.05, 0) is 48.7 Å². The molecule has 4 aromatic rings. The van der Waals surface area contributed by atoms with Gasteiger partial charge < -0.3 is 9.47 Å². The summed E-state index contributed by atoms with van der Waals surface area (Å²) in [6.45, 7) is 19.1. The van der Waals surface area contributed by atoms with Crippen molar-refractivity contribution < 1.29 is 9.47 Å². The Morgan fingerprint density at radius 3 is 1.00 bits per heavy atom. The summed E-state index contributed by atoms with van der Waals surface area (Å²) in [5.74, 6) is 1.89. The Bertz CT molecular complexity index is 1620. The number of unbranched alkanes of at least 4 members (excludes halogenated alkanes) is 6. The molecule has 0 aromatic heterocycles. The van der Waals surface area contributed by atoms with Crippen molar-refractivity contribution in [2.45, 2.75) is 175 Å². The van der Waals surface area contributed by atoms with Gasteiger partial charge in [-0.1, -0.05) is 238 Å².